The molecule has 10 heteroatoms. The van der Waals surface area contributed by atoms with Gasteiger partial charge in [-0.3, -0.25) is 4.79 Å². The van der Waals surface area contributed by atoms with E-state index in [9.17, 15) is 4.79 Å². The van der Waals surface area contributed by atoms with Gasteiger partial charge in [0.2, 0.25) is 11.1 Å². The van der Waals surface area contributed by atoms with Crippen molar-refractivity contribution in [3.63, 3.8) is 0 Å². The van der Waals surface area contributed by atoms with Crippen molar-refractivity contribution in [2.75, 3.05) is 18.8 Å². The van der Waals surface area contributed by atoms with E-state index in [1.54, 1.807) is 30.2 Å². The molecule has 0 spiro atoms. The molecule has 1 aliphatic heterocycles. The highest BCUT2D eigenvalue weighted by molar-refractivity contribution is 7.99. The maximum atomic E-state index is 12.2. The average molecular weight is 335 g/mol. The van der Waals surface area contributed by atoms with Gasteiger partial charge in [0.15, 0.2) is 0 Å². The summed E-state index contributed by atoms with van der Waals surface area (Å²) in [5.74, 6) is 0.425. The number of nitrogens with zero attached hydrogens (tertiary/aromatic N) is 7. The van der Waals surface area contributed by atoms with Crippen molar-refractivity contribution in [2.24, 2.45) is 7.05 Å². The van der Waals surface area contributed by atoms with Gasteiger partial charge < -0.3 is 9.64 Å². The van der Waals surface area contributed by atoms with Crippen molar-refractivity contribution >= 4 is 17.7 Å². The molecule has 1 saturated heterocycles. The lowest BCUT2D eigenvalue weighted by molar-refractivity contribution is -0.130. The van der Waals surface area contributed by atoms with Gasteiger partial charge in [-0.15, -0.1) is 5.10 Å². The van der Waals surface area contributed by atoms with Gasteiger partial charge in [0.25, 0.3) is 0 Å². The first-order valence-electron chi connectivity index (χ1n) is 7.29. The SMILES string of the molecule is Cn1nnnc1SCC(=O)N1CCC(Oc2ncccn2)CC1. The Balaban J connectivity index is 1.43. The molecule has 3 rings (SSSR count). The zero-order chi connectivity index (χ0) is 16.1. The predicted molar refractivity (Wildman–Crippen MR) is 81.8 cm³/mol. The van der Waals surface area contributed by atoms with Gasteiger partial charge >= 0.3 is 6.01 Å². The third-order valence-electron chi connectivity index (χ3n) is 3.51. The Morgan fingerprint density at radius 3 is 2.74 bits per heavy atom. The Kier molecular flexibility index (Phi) is 5.01. The van der Waals surface area contributed by atoms with E-state index in [-0.39, 0.29) is 12.0 Å². The Morgan fingerprint density at radius 1 is 1.35 bits per heavy atom. The van der Waals surface area contributed by atoms with E-state index in [1.165, 1.54) is 11.8 Å². The summed E-state index contributed by atoms with van der Waals surface area (Å²) >= 11 is 1.34. The first kappa shape index (κ1) is 15.7. The Morgan fingerprint density at radius 2 is 2.09 bits per heavy atom. The first-order chi connectivity index (χ1) is 11.2. The van der Waals surface area contributed by atoms with Crippen LogP contribution >= 0.6 is 11.8 Å². The number of aryl methyl sites for hydroxylation is 1. The molecule has 0 radical (unpaired) electrons. The zero-order valence-corrected chi connectivity index (χ0v) is 13.5. The third-order valence-corrected chi connectivity index (χ3v) is 4.51. The fraction of sp³-hybridized carbons (Fsp3) is 0.538. The number of hydrogen-bond acceptors (Lipinski definition) is 8. The maximum Gasteiger partial charge on any atom is 0.316 e. The van der Waals surface area contributed by atoms with Gasteiger partial charge in [0, 0.05) is 45.4 Å². The van der Waals surface area contributed by atoms with E-state index < -0.39 is 0 Å². The summed E-state index contributed by atoms with van der Waals surface area (Å²) in [6, 6.07) is 2.14. The highest BCUT2D eigenvalue weighted by Gasteiger charge is 2.24. The minimum Gasteiger partial charge on any atom is -0.460 e. The Hall–Kier alpha value is -2.23. The summed E-state index contributed by atoms with van der Waals surface area (Å²) in [6.07, 6.45) is 4.91. The summed E-state index contributed by atoms with van der Waals surface area (Å²) in [6.45, 7) is 1.35. The molecule has 0 N–H and O–H groups in total. The van der Waals surface area contributed by atoms with Gasteiger partial charge in [0.1, 0.15) is 6.10 Å². The van der Waals surface area contributed by atoms with Gasteiger partial charge in [-0.25, -0.2) is 14.6 Å². The monoisotopic (exact) mass is 335 g/mol. The third kappa shape index (κ3) is 4.15. The second kappa shape index (κ2) is 7.36. The average Bonchev–Trinajstić information content (AvgIpc) is 2.99. The van der Waals surface area contributed by atoms with Gasteiger partial charge in [-0.05, 0) is 16.5 Å². The zero-order valence-electron chi connectivity index (χ0n) is 12.7. The van der Waals surface area contributed by atoms with Gasteiger partial charge in [-0.2, -0.15) is 0 Å². The number of rotatable bonds is 5. The van der Waals surface area contributed by atoms with E-state index in [4.69, 9.17) is 4.74 Å². The number of thioether (sulfide) groups is 1. The van der Waals surface area contributed by atoms with E-state index >= 15 is 0 Å². The Labute approximate surface area is 137 Å². The van der Waals surface area contributed by atoms with Crippen LogP contribution in [0.1, 0.15) is 12.8 Å². The van der Waals surface area contributed by atoms with Crippen LogP contribution in [0.5, 0.6) is 6.01 Å². The largest absolute Gasteiger partial charge is 0.460 e. The van der Waals surface area contributed by atoms with E-state index in [0.29, 0.717) is 30.0 Å². The minimum atomic E-state index is 0.0528. The lowest BCUT2D eigenvalue weighted by Gasteiger charge is -2.31. The molecule has 0 atom stereocenters. The standard InChI is InChI=1S/C13H17N7O2S/c1-19-13(16-17-18-19)23-9-11(21)20-7-3-10(4-8-20)22-12-14-5-2-6-15-12/h2,5-6,10H,3-4,7-9H2,1H3. The van der Waals surface area contributed by atoms with Crippen LogP contribution in [0, 0.1) is 0 Å². The summed E-state index contributed by atoms with van der Waals surface area (Å²) in [5.41, 5.74) is 0. The van der Waals surface area contributed by atoms with E-state index in [0.717, 1.165) is 12.8 Å². The molecule has 122 valence electrons. The van der Waals surface area contributed by atoms with Crippen molar-refractivity contribution in [1.29, 1.82) is 0 Å². The molecule has 0 unspecified atom stereocenters. The summed E-state index contributed by atoms with van der Waals surface area (Å²) in [4.78, 5) is 22.2. The molecule has 2 aromatic heterocycles. The number of carbonyl (C=O) groups is 1. The van der Waals surface area contributed by atoms with Crippen molar-refractivity contribution in [1.82, 2.24) is 35.1 Å². The topological polar surface area (TPSA) is 98.9 Å². The lowest BCUT2D eigenvalue weighted by atomic mass is 10.1. The number of piperidine rings is 1. The second-order valence-electron chi connectivity index (χ2n) is 5.10. The fourth-order valence-electron chi connectivity index (χ4n) is 2.28. The molecular weight excluding hydrogens is 318 g/mol. The molecule has 1 fully saturated rings. The highest BCUT2D eigenvalue weighted by atomic mass is 32.2. The molecule has 23 heavy (non-hydrogen) atoms. The number of carbonyl (C=O) groups excluding carboxylic acids is 1. The van der Waals surface area contributed by atoms with Gasteiger partial charge in [-0.1, -0.05) is 11.8 Å². The number of tetrazole rings is 1. The number of ether oxygens (including phenoxy) is 1. The molecule has 1 aliphatic rings. The minimum absolute atomic E-state index is 0.0528. The number of likely N-dealkylation sites (tertiary alicyclic amines) is 1. The van der Waals surface area contributed by atoms with E-state index in [2.05, 4.69) is 25.5 Å². The summed E-state index contributed by atoms with van der Waals surface area (Å²) < 4.78 is 7.28. The van der Waals surface area contributed by atoms with Crippen LogP contribution in [-0.2, 0) is 11.8 Å². The molecule has 0 bridgehead atoms. The molecular formula is C13H17N7O2S. The van der Waals surface area contributed by atoms with Crippen molar-refractivity contribution in [3.8, 4) is 6.01 Å². The molecule has 2 aromatic rings. The molecule has 9 nitrogen and oxygen atoms in total. The summed E-state index contributed by atoms with van der Waals surface area (Å²) in [7, 11) is 1.75. The smallest absolute Gasteiger partial charge is 0.316 e. The number of hydrogen-bond donors (Lipinski definition) is 0. The predicted octanol–water partition coefficient (Wildman–Crippen LogP) is 0.162. The molecule has 1 amide bonds. The second-order valence-corrected chi connectivity index (χ2v) is 6.05. The molecule has 3 heterocycles. The van der Waals surface area contributed by atoms with Crippen LogP contribution < -0.4 is 4.74 Å². The van der Waals surface area contributed by atoms with Crippen molar-refractivity contribution in [3.05, 3.63) is 18.5 Å². The van der Waals surface area contributed by atoms with Crippen LogP contribution in [0.2, 0.25) is 0 Å². The van der Waals surface area contributed by atoms with Gasteiger partial charge in [0.05, 0.1) is 5.75 Å². The first-order valence-corrected chi connectivity index (χ1v) is 8.27. The quantitative estimate of drug-likeness (QED) is 0.713. The fourth-order valence-corrected chi connectivity index (χ4v) is 3.03. The maximum absolute atomic E-state index is 12.2. The normalized spacial score (nSPS) is 15.6. The summed E-state index contributed by atoms with van der Waals surface area (Å²) in [5, 5.41) is 11.8. The molecule has 0 aromatic carbocycles. The number of aromatic nitrogens is 6. The van der Waals surface area contributed by atoms with Crippen molar-refractivity contribution < 1.29 is 9.53 Å². The number of amides is 1. The highest BCUT2D eigenvalue weighted by Crippen LogP contribution is 2.18. The van der Waals surface area contributed by atoms with Crippen LogP contribution in [0.4, 0.5) is 0 Å². The molecule has 0 aliphatic carbocycles. The van der Waals surface area contributed by atoms with Crippen molar-refractivity contribution in [2.45, 2.75) is 24.1 Å². The lowest BCUT2D eigenvalue weighted by Crippen LogP contribution is -2.42. The van der Waals surface area contributed by atoms with E-state index in [1.807, 2.05) is 4.90 Å². The van der Waals surface area contributed by atoms with Crippen LogP contribution in [0.15, 0.2) is 23.6 Å². The molecule has 0 saturated carbocycles. The van der Waals surface area contributed by atoms with Crippen LogP contribution in [-0.4, -0.2) is 65.9 Å². The Bertz CT molecular complexity index is 643. The van der Waals surface area contributed by atoms with Crippen LogP contribution in [0.25, 0.3) is 0 Å². The van der Waals surface area contributed by atoms with Crippen LogP contribution in [0.3, 0.4) is 0 Å².